The lowest BCUT2D eigenvalue weighted by molar-refractivity contribution is 0.108. The summed E-state index contributed by atoms with van der Waals surface area (Å²) in [7, 11) is -2.10. The summed E-state index contributed by atoms with van der Waals surface area (Å²) in [5.74, 6) is 0. The highest BCUT2D eigenvalue weighted by atomic mass is 31.1. The van der Waals surface area contributed by atoms with Crippen LogP contribution in [0.4, 0.5) is 0 Å². The molecule has 0 saturated carbocycles. The molecular weight excluding hydrogens is 303 g/mol. The first-order valence-corrected chi connectivity index (χ1v) is 9.05. The Kier molecular flexibility index (Phi) is 4.64. The zero-order valence-corrected chi connectivity index (χ0v) is 13.9. The molecule has 0 aromatic heterocycles. The molecule has 0 saturated heterocycles. The summed E-state index contributed by atoms with van der Waals surface area (Å²) >= 11 is 0. The molecule has 0 heterocycles. The maximum Gasteiger partial charge on any atom is 0.458 e. The van der Waals surface area contributed by atoms with Gasteiger partial charge in [0.15, 0.2) is 5.30 Å². The van der Waals surface area contributed by atoms with Crippen LogP contribution in [0.3, 0.4) is 0 Å². The van der Waals surface area contributed by atoms with E-state index in [1.165, 1.54) is 5.56 Å². The van der Waals surface area contributed by atoms with Crippen molar-refractivity contribution in [2.24, 2.45) is 0 Å². The van der Waals surface area contributed by atoms with Gasteiger partial charge in [0.25, 0.3) is 0 Å². The van der Waals surface area contributed by atoms with E-state index in [2.05, 4.69) is 6.92 Å². The van der Waals surface area contributed by atoms with Crippen molar-refractivity contribution in [2.45, 2.75) is 19.8 Å². The number of rotatable bonds is 5. The summed E-state index contributed by atoms with van der Waals surface area (Å²) in [5, 5.41) is 2.43. The first-order chi connectivity index (χ1) is 11.2. The lowest BCUT2D eigenvalue weighted by Crippen LogP contribution is -2.05. The molecule has 23 heavy (non-hydrogen) atoms. The maximum atomic E-state index is 12.7. The molecule has 0 amide bonds. The predicted octanol–water partition coefficient (Wildman–Crippen LogP) is 5.09. The monoisotopic (exact) mass is 321 g/mol. The van der Waals surface area contributed by atoms with E-state index < -0.39 is 7.80 Å². The van der Waals surface area contributed by atoms with Gasteiger partial charge in [0.05, 0.1) is 5.56 Å². The first-order valence-electron chi connectivity index (χ1n) is 7.79. The van der Waals surface area contributed by atoms with Gasteiger partial charge >= 0.3 is 13.3 Å². The number of aryl methyl sites for hydroxylation is 1. The molecule has 0 aliphatic heterocycles. The number of hydrogen-bond acceptors (Lipinski definition) is 2. The number of fused-ring (bicyclic) bond motifs is 1. The quantitative estimate of drug-likeness (QED) is 0.614. The van der Waals surface area contributed by atoms with Gasteiger partial charge < -0.3 is 0 Å². The van der Waals surface area contributed by atoms with E-state index in [9.17, 15) is 9.36 Å². The Hall–Kier alpha value is -2.31. The molecule has 0 aliphatic rings. The summed E-state index contributed by atoms with van der Waals surface area (Å²) in [6.45, 7) is 2.12. The highest BCUT2D eigenvalue weighted by molar-refractivity contribution is 7.71. The molecule has 0 N–H and O–H groups in total. The Labute approximate surface area is 136 Å². The van der Waals surface area contributed by atoms with Gasteiger partial charge in [-0.25, -0.2) is 4.79 Å². The zero-order chi connectivity index (χ0) is 16.2. The van der Waals surface area contributed by atoms with Crippen LogP contribution in [0.25, 0.3) is 10.8 Å². The molecule has 0 bridgehead atoms. The SMILES string of the molecule is CCCc1ccc([P+](=O)C(=O)c2cccc3ccccc23)cc1. The number of carbonyl (C=O) groups is 1. The van der Waals surface area contributed by atoms with E-state index in [1.807, 2.05) is 60.7 Å². The third-order valence-electron chi connectivity index (χ3n) is 3.91. The first kappa shape index (κ1) is 15.6. The number of benzene rings is 3. The molecule has 0 fully saturated rings. The predicted molar refractivity (Wildman–Crippen MR) is 96.0 cm³/mol. The van der Waals surface area contributed by atoms with Crippen molar-refractivity contribution in [3.05, 3.63) is 77.9 Å². The largest absolute Gasteiger partial charge is 0.458 e. The molecule has 0 radical (unpaired) electrons. The molecule has 3 heteroatoms. The van der Waals surface area contributed by atoms with Gasteiger partial charge in [0, 0.05) is 0 Å². The van der Waals surface area contributed by atoms with Crippen LogP contribution >= 0.6 is 7.80 Å². The van der Waals surface area contributed by atoms with E-state index >= 15 is 0 Å². The molecule has 3 aromatic rings. The second-order valence-corrected chi connectivity index (χ2v) is 7.05. The smallest absolute Gasteiger partial charge is 0.234 e. The standard InChI is InChI=1S/C20H18O2P/c1-2-6-15-11-13-17(14-12-15)23(22)20(21)19-10-5-8-16-7-3-4-9-18(16)19/h3-5,7-14H,2,6H2,1H3/q+1. The van der Waals surface area contributed by atoms with Crippen molar-refractivity contribution in [1.29, 1.82) is 0 Å². The van der Waals surface area contributed by atoms with Crippen LogP contribution in [0.5, 0.6) is 0 Å². The van der Waals surface area contributed by atoms with E-state index in [1.54, 1.807) is 6.07 Å². The summed E-state index contributed by atoms with van der Waals surface area (Å²) in [4.78, 5) is 12.7. The summed E-state index contributed by atoms with van der Waals surface area (Å²) < 4.78 is 12.7. The van der Waals surface area contributed by atoms with Crippen molar-refractivity contribution < 1.29 is 9.36 Å². The fourth-order valence-corrected chi connectivity index (χ4v) is 3.79. The molecule has 3 rings (SSSR count). The van der Waals surface area contributed by atoms with Gasteiger partial charge in [-0.15, -0.1) is 0 Å². The molecule has 0 spiro atoms. The van der Waals surface area contributed by atoms with Crippen LogP contribution in [-0.2, 0) is 11.0 Å². The van der Waals surface area contributed by atoms with Gasteiger partial charge in [0.2, 0.25) is 0 Å². The second kappa shape index (κ2) is 6.85. The third-order valence-corrected chi connectivity index (χ3v) is 5.29. The van der Waals surface area contributed by atoms with Crippen LogP contribution in [0.1, 0.15) is 29.3 Å². The average Bonchev–Trinajstić information content (AvgIpc) is 2.61. The fraction of sp³-hybridized carbons (Fsp3) is 0.150. The van der Waals surface area contributed by atoms with Crippen LogP contribution in [0.2, 0.25) is 0 Å². The molecule has 1 unspecified atom stereocenters. The van der Waals surface area contributed by atoms with Crippen molar-refractivity contribution in [3.8, 4) is 0 Å². The third kappa shape index (κ3) is 3.23. The van der Waals surface area contributed by atoms with E-state index in [4.69, 9.17) is 0 Å². The van der Waals surface area contributed by atoms with Gasteiger partial charge in [-0.3, -0.25) is 0 Å². The molecule has 114 valence electrons. The van der Waals surface area contributed by atoms with Gasteiger partial charge in [0.1, 0.15) is 0 Å². The summed E-state index contributed by atoms with van der Waals surface area (Å²) in [5.41, 5.74) is 1.43. The molecule has 1 atom stereocenters. The van der Waals surface area contributed by atoms with Crippen molar-refractivity contribution in [3.63, 3.8) is 0 Å². The van der Waals surface area contributed by atoms with Gasteiger partial charge in [-0.05, 0) is 41.0 Å². The summed E-state index contributed by atoms with van der Waals surface area (Å²) in [6.07, 6.45) is 2.06. The Morgan fingerprint density at radius 1 is 0.913 bits per heavy atom. The number of carbonyl (C=O) groups excluding carboxylic acids is 1. The van der Waals surface area contributed by atoms with Crippen molar-refractivity contribution in [2.75, 3.05) is 0 Å². The Morgan fingerprint density at radius 2 is 1.61 bits per heavy atom. The normalized spacial score (nSPS) is 11.4. The minimum Gasteiger partial charge on any atom is -0.234 e. The fourth-order valence-electron chi connectivity index (χ4n) is 2.73. The van der Waals surface area contributed by atoms with Crippen LogP contribution in [0.15, 0.2) is 66.7 Å². The molecule has 3 aromatic carbocycles. The lowest BCUT2D eigenvalue weighted by Gasteiger charge is -2.00. The van der Waals surface area contributed by atoms with E-state index in [-0.39, 0.29) is 5.52 Å². The summed E-state index contributed by atoms with van der Waals surface area (Å²) in [6, 6.07) is 20.8. The van der Waals surface area contributed by atoms with Crippen LogP contribution in [0, 0.1) is 0 Å². The van der Waals surface area contributed by atoms with Gasteiger partial charge in [-0.1, -0.05) is 66.4 Å². The van der Waals surface area contributed by atoms with Gasteiger partial charge in [-0.2, -0.15) is 0 Å². The minimum atomic E-state index is -2.10. The highest BCUT2D eigenvalue weighted by Crippen LogP contribution is 2.30. The molecule has 2 nitrogen and oxygen atoms in total. The maximum absolute atomic E-state index is 12.7. The molecular formula is C20H18O2P+. The second-order valence-electron chi connectivity index (χ2n) is 5.54. The Balaban J connectivity index is 1.94. The van der Waals surface area contributed by atoms with Crippen molar-refractivity contribution in [1.82, 2.24) is 0 Å². The topological polar surface area (TPSA) is 34.1 Å². The minimum absolute atomic E-state index is 0.306. The number of hydrogen-bond donors (Lipinski definition) is 0. The lowest BCUT2D eigenvalue weighted by atomic mass is 10.1. The van der Waals surface area contributed by atoms with Crippen LogP contribution in [-0.4, -0.2) is 5.52 Å². The Bertz CT molecular complexity index is 861. The van der Waals surface area contributed by atoms with E-state index in [0.717, 1.165) is 23.6 Å². The Morgan fingerprint density at radius 3 is 2.35 bits per heavy atom. The van der Waals surface area contributed by atoms with E-state index in [0.29, 0.717) is 10.9 Å². The highest BCUT2D eigenvalue weighted by Gasteiger charge is 2.33. The van der Waals surface area contributed by atoms with Crippen molar-refractivity contribution >= 4 is 29.4 Å². The zero-order valence-electron chi connectivity index (χ0n) is 13.0. The van der Waals surface area contributed by atoms with Crippen LogP contribution < -0.4 is 5.30 Å². The average molecular weight is 321 g/mol. The molecule has 0 aliphatic carbocycles.